The number of hydrogen-bond donors (Lipinski definition) is 1. The minimum atomic E-state index is -0.136. The summed E-state index contributed by atoms with van der Waals surface area (Å²) in [5, 5.41) is 3.98. The topological polar surface area (TPSA) is 100 Å². The first-order valence-electron chi connectivity index (χ1n) is 9.39. The summed E-state index contributed by atoms with van der Waals surface area (Å²) < 4.78 is 16.4. The van der Waals surface area contributed by atoms with Crippen molar-refractivity contribution in [1.82, 2.24) is 10.1 Å². The highest BCUT2D eigenvalue weighted by molar-refractivity contribution is 5.72. The van der Waals surface area contributed by atoms with Crippen LogP contribution in [0.2, 0.25) is 0 Å². The number of nitrogens with two attached hydrogens (primary N) is 1. The molecule has 0 radical (unpaired) electrons. The number of rotatable bonds is 6. The molecule has 7 heteroatoms. The Morgan fingerprint density at radius 2 is 2.04 bits per heavy atom. The number of esters is 1. The van der Waals surface area contributed by atoms with Crippen molar-refractivity contribution < 1.29 is 18.8 Å². The van der Waals surface area contributed by atoms with Gasteiger partial charge >= 0.3 is 5.97 Å². The van der Waals surface area contributed by atoms with Crippen LogP contribution in [0.1, 0.15) is 42.6 Å². The summed E-state index contributed by atoms with van der Waals surface area (Å²) in [4.78, 5) is 16.6. The zero-order valence-electron chi connectivity index (χ0n) is 16.2. The van der Waals surface area contributed by atoms with Gasteiger partial charge in [-0.2, -0.15) is 0 Å². The van der Waals surface area contributed by atoms with Crippen LogP contribution in [0.25, 0.3) is 11.5 Å². The van der Waals surface area contributed by atoms with Gasteiger partial charge in [0.05, 0.1) is 31.0 Å². The molecule has 2 N–H and O–H groups in total. The highest BCUT2D eigenvalue weighted by Gasteiger charge is 2.32. The largest absolute Gasteiger partial charge is 0.491 e. The molecule has 0 unspecified atom stereocenters. The average Bonchev–Trinajstić information content (AvgIpc) is 3.07. The van der Waals surface area contributed by atoms with Gasteiger partial charge in [-0.05, 0) is 38.8 Å². The third-order valence-electron chi connectivity index (χ3n) is 5.32. The van der Waals surface area contributed by atoms with E-state index in [1.807, 2.05) is 26.0 Å². The van der Waals surface area contributed by atoms with Gasteiger partial charge in [0.25, 0.3) is 0 Å². The lowest BCUT2D eigenvalue weighted by molar-refractivity contribution is -0.149. The molecular weight excluding hydrogens is 346 g/mol. The molecule has 2 atom stereocenters. The number of methoxy groups -OCH3 is 1. The van der Waals surface area contributed by atoms with Gasteiger partial charge < -0.3 is 19.7 Å². The molecule has 2 heterocycles. The second-order valence-electron chi connectivity index (χ2n) is 7.05. The number of aryl methyl sites for hydroxylation is 2. The van der Waals surface area contributed by atoms with Crippen LogP contribution in [0.5, 0.6) is 5.75 Å². The number of carbonyl (C=O) groups excluding carboxylic acids is 1. The summed E-state index contributed by atoms with van der Waals surface area (Å²) in [5.41, 5.74) is 8.87. The van der Waals surface area contributed by atoms with Crippen molar-refractivity contribution in [1.29, 1.82) is 0 Å². The van der Waals surface area contributed by atoms with Gasteiger partial charge in [-0.3, -0.25) is 4.79 Å². The standard InChI is InChI=1S/C20H27N3O4/c1-12-16(10-21)19(27-23-12)17-8-9-18(13(2)22-17)26-11-14-6-4-5-7-15(14)20(24)25-3/h8-9,14-15H,4-7,10-11,21H2,1-3H3/t14-,15+/m1/s1. The van der Waals surface area contributed by atoms with E-state index in [0.29, 0.717) is 30.4 Å². The first kappa shape index (κ1) is 19.4. The van der Waals surface area contributed by atoms with Crippen LogP contribution in [0.3, 0.4) is 0 Å². The van der Waals surface area contributed by atoms with Crippen molar-refractivity contribution in [2.45, 2.75) is 46.1 Å². The summed E-state index contributed by atoms with van der Waals surface area (Å²) in [7, 11) is 1.45. The second-order valence-corrected chi connectivity index (χ2v) is 7.05. The third kappa shape index (κ3) is 4.13. The second kappa shape index (κ2) is 8.52. The fourth-order valence-electron chi connectivity index (χ4n) is 3.72. The minimum Gasteiger partial charge on any atom is -0.491 e. The molecule has 0 aliphatic heterocycles. The van der Waals surface area contributed by atoms with Crippen LogP contribution in [0.15, 0.2) is 16.7 Å². The van der Waals surface area contributed by atoms with E-state index in [1.165, 1.54) is 7.11 Å². The molecule has 0 saturated heterocycles. The molecule has 0 aromatic carbocycles. The molecule has 2 aromatic rings. The molecule has 0 bridgehead atoms. The summed E-state index contributed by atoms with van der Waals surface area (Å²) in [5.74, 6) is 1.26. The van der Waals surface area contributed by atoms with Crippen LogP contribution in [0.4, 0.5) is 0 Å². The van der Waals surface area contributed by atoms with E-state index in [4.69, 9.17) is 19.7 Å². The molecule has 1 aliphatic carbocycles. The predicted octanol–water partition coefficient (Wildman–Crippen LogP) is 3.17. The van der Waals surface area contributed by atoms with E-state index in [0.717, 1.165) is 42.6 Å². The molecular formula is C20H27N3O4. The summed E-state index contributed by atoms with van der Waals surface area (Å²) >= 11 is 0. The number of nitrogens with zero attached hydrogens (tertiary/aromatic N) is 2. The summed E-state index contributed by atoms with van der Waals surface area (Å²) in [6, 6.07) is 3.73. The predicted molar refractivity (Wildman–Crippen MR) is 100 cm³/mol. The lowest BCUT2D eigenvalue weighted by Crippen LogP contribution is -2.32. The third-order valence-corrected chi connectivity index (χ3v) is 5.32. The van der Waals surface area contributed by atoms with Gasteiger partial charge in [0.2, 0.25) is 0 Å². The fraction of sp³-hybridized carbons (Fsp3) is 0.550. The van der Waals surface area contributed by atoms with Gasteiger partial charge in [-0.1, -0.05) is 18.0 Å². The van der Waals surface area contributed by atoms with E-state index in [2.05, 4.69) is 10.1 Å². The smallest absolute Gasteiger partial charge is 0.309 e. The van der Waals surface area contributed by atoms with Gasteiger partial charge in [0, 0.05) is 18.0 Å². The summed E-state index contributed by atoms with van der Waals surface area (Å²) in [6.07, 6.45) is 4.02. The molecule has 1 fully saturated rings. The first-order valence-corrected chi connectivity index (χ1v) is 9.39. The quantitative estimate of drug-likeness (QED) is 0.776. The van der Waals surface area contributed by atoms with Gasteiger partial charge in [-0.15, -0.1) is 0 Å². The van der Waals surface area contributed by atoms with Crippen LogP contribution in [-0.4, -0.2) is 29.8 Å². The molecule has 7 nitrogen and oxygen atoms in total. The van der Waals surface area contributed by atoms with Crippen molar-refractivity contribution in [2.24, 2.45) is 17.6 Å². The highest BCUT2D eigenvalue weighted by atomic mass is 16.5. The fourth-order valence-corrected chi connectivity index (χ4v) is 3.72. The lowest BCUT2D eigenvalue weighted by atomic mass is 9.80. The normalized spacial score (nSPS) is 19.7. The van der Waals surface area contributed by atoms with Crippen molar-refractivity contribution in [3.8, 4) is 17.2 Å². The Morgan fingerprint density at radius 1 is 1.26 bits per heavy atom. The van der Waals surface area contributed by atoms with E-state index in [-0.39, 0.29) is 17.8 Å². The van der Waals surface area contributed by atoms with Crippen LogP contribution in [-0.2, 0) is 16.1 Å². The monoisotopic (exact) mass is 373 g/mol. The van der Waals surface area contributed by atoms with Crippen LogP contribution in [0, 0.1) is 25.7 Å². The number of hydrogen-bond acceptors (Lipinski definition) is 7. The number of ether oxygens (including phenoxy) is 2. The Labute approximate surface area is 159 Å². The zero-order chi connectivity index (χ0) is 19.4. The molecule has 1 aliphatic rings. The Hall–Kier alpha value is -2.41. The van der Waals surface area contributed by atoms with E-state index in [9.17, 15) is 4.79 Å². The first-order chi connectivity index (χ1) is 13.0. The van der Waals surface area contributed by atoms with Gasteiger partial charge in [0.1, 0.15) is 11.4 Å². The molecule has 3 rings (SSSR count). The molecule has 0 spiro atoms. The van der Waals surface area contributed by atoms with Gasteiger partial charge in [-0.25, -0.2) is 4.98 Å². The van der Waals surface area contributed by atoms with Crippen LogP contribution >= 0.6 is 0 Å². The maximum Gasteiger partial charge on any atom is 0.309 e. The molecule has 27 heavy (non-hydrogen) atoms. The summed E-state index contributed by atoms with van der Waals surface area (Å²) in [6.45, 7) is 4.58. The Bertz CT molecular complexity index is 803. The Kier molecular flexibility index (Phi) is 6.11. The average molecular weight is 373 g/mol. The van der Waals surface area contributed by atoms with E-state index in [1.54, 1.807) is 0 Å². The van der Waals surface area contributed by atoms with E-state index >= 15 is 0 Å². The zero-order valence-corrected chi connectivity index (χ0v) is 16.2. The van der Waals surface area contributed by atoms with Crippen molar-refractivity contribution >= 4 is 5.97 Å². The van der Waals surface area contributed by atoms with Crippen molar-refractivity contribution in [2.75, 3.05) is 13.7 Å². The van der Waals surface area contributed by atoms with Crippen LogP contribution < -0.4 is 10.5 Å². The number of aromatic nitrogens is 2. The number of pyridine rings is 1. The Balaban J connectivity index is 1.72. The Morgan fingerprint density at radius 3 is 2.74 bits per heavy atom. The maximum absolute atomic E-state index is 12.0. The molecule has 1 saturated carbocycles. The molecule has 146 valence electrons. The van der Waals surface area contributed by atoms with Gasteiger partial charge in [0.15, 0.2) is 5.76 Å². The number of carbonyl (C=O) groups is 1. The SMILES string of the molecule is COC(=O)[C@H]1CCCC[C@@H]1COc1ccc(-c2onc(C)c2CN)nc1C. The molecule has 0 amide bonds. The van der Waals surface area contributed by atoms with Crippen molar-refractivity contribution in [3.63, 3.8) is 0 Å². The minimum absolute atomic E-state index is 0.0828. The van der Waals surface area contributed by atoms with Crippen molar-refractivity contribution in [3.05, 3.63) is 29.1 Å². The highest BCUT2D eigenvalue weighted by Crippen LogP contribution is 2.32. The molecule has 2 aromatic heterocycles. The maximum atomic E-state index is 12.0. The lowest BCUT2D eigenvalue weighted by Gasteiger charge is -2.29. The van der Waals surface area contributed by atoms with E-state index < -0.39 is 0 Å².